The van der Waals surface area contributed by atoms with Gasteiger partial charge in [0.1, 0.15) is 0 Å². The van der Waals surface area contributed by atoms with Gasteiger partial charge in [0.25, 0.3) is 0 Å². The van der Waals surface area contributed by atoms with Crippen LogP contribution >= 0.6 is 0 Å². The highest BCUT2D eigenvalue weighted by Gasteiger charge is 2.31. The van der Waals surface area contributed by atoms with Crippen molar-refractivity contribution < 1.29 is 5.11 Å². The first-order valence-electron chi connectivity index (χ1n) is 4.48. The maximum Gasteiger partial charge on any atom is 0.0558 e. The van der Waals surface area contributed by atoms with E-state index in [0.29, 0.717) is 12.6 Å². The molecule has 3 heteroatoms. The van der Waals surface area contributed by atoms with Gasteiger partial charge in [-0.1, -0.05) is 0 Å². The second-order valence-corrected chi connectivity index (χ2v) is 3.62. The number of aliphatic hydroxyl groups excluding tert-OH is 1. The Bertz CT molecular complexity index is 130. The molecule has 1 aliphatic carbocycles. The fourth-order valence-corrected chi connectivity index (χ4v) is 1.58. The molecule has 2 fully saturated rings. The van der Waals surface area contributed by atoms with Crippen molar-refractivity contribution >= 4 is 0 Å². The second kappa shape index (κ2) is 3.09. The van der Waals surface area contributed by atoms with E-state index < -0.39 is 0 Å². The van der Waals surface area contributed by atoms with Gasteiger partial charge in [-0.3, -0.25) is 4.90 Å². The van der Waals surface area contributed by atoms with Crippen molar-refractivity contribution in [3.63, 3.8) is 0 Å². The van der Waals surface area contributed by atoms with Crippen molar-refractivity contribution in [2.75, 3.05) is 26.2 Å². The van der Waals surface area contributed by atoms with Crippen molar-refractivity contribution in [2.24, 2.45) is 0 Å². The zero-order valence-electron chi connectivity index (χ0n) is 6.79. The molecular weight excluding hydrogens is 140 g/mol. The van der Waals surface area contributed by atoms with E-state index in [1.54, 1.807) is 0 Å². The molecule has 2 rings (SSSR count). The number of nitrogens with zero attached hydrogens (tertiary/aromatic N) is 1. The molecule has 0 aromatic carbocycles. The normalized spacial score (nSPS) is 27.0. The van der Waals surface area contributed by atoms with Crippen LogP contribution in [0.25, 0.3) is 0 Å². The third-order valence-corrected chi connectivity index (χ3v) is 2.42. The Hall–Kier alpha value is -0.120. The Balaban J connectivity index is 1.56. The lowest BCUT2D eigenvalue weighted by molar-refractivity contribution is 0.0990. The van der Waals surface area contributed by atoms with E-state index >= 15 is 0 Å². The highest BCUT2D eigenvalue weighted by atomic mass is 16.3. The molecule has 0 unspecified atom stereocenters. The SMILES string of the molecule is OCCN1CC(NC2CC2)C1. The Morgan fingerprint density at radius 1 is 1.27 bits per heavy atom. The lowest BCUT2D eigenvalue weighted by Crippen LogP contribution is -2.58. The molecule has 2 aliphatic rings. The highest BCUT2D eigenvalue weighted by Crippen LogP contribution is 2.21. The number of hydrogen-bond acceptors (Lipinski definition) is 3. The zero-order valence-corrected chi connectivity index (χ0v) is 6.79. The van der Waals surface area contributed by atoms with Crippen molar-refractivity contribution in [1.82, 2.24) is 10.2 Å². The number of likely N-dealkylation sites (tertiary alicyclic amines) is 1. The summed E-state index contributed by atoms with van der Waals surface area (Å²) in [7, 11) is 0. The fourth-order valence-electron chi connectivity index (χ4n) is 1.58. The molecule has 0 spiro atoms. The van der Waals surface area contributed by atoms with Crippen LogP contribution in [0.5, 0.6) is 0 Å². The zero-order chi connectivity index (χ0) is 7.68. The summed E-state index contributed by atoms with van der Waals surface area (Å²) in [5.74, 6) is 0. The lowest BCUT2D eigenvalue weighted by Gasteiger charge is -2.39. The van der Waals surface area contributed by atoms with E-state index in [1.165, 1.54) is 12.8 Å². The maximum absolute atomic E-state index is 8.62. The van der Waals surface area contributed by atoms with E-state index in [9.17, 15) is 0 Å². The predicted molar refractivity (Wildman–Crippen MR) is 43.5 cm³/mol. The van der Waals surface area contributed by atoms with Gasteiger partial charge in [-0.2, -0.15) is 0 Å². The average molecular weight is 156 g/mol. The molecule has 1 aliphatic heterocycles. The van der Waals surface area contributed by atoms with E-state index in [1.807, 2.05) is 0 Å². The molecular formula is C8H16N2O. The van der Waals surface area contributed by atoms with Gasteiger partial charge in [-0.25, -0.2) is 0 Å². The summed E-state index contributed by atoms with van der Waals surface area (Å²) in [5.41, 5.74) is 0. The Morgan fingerprint density at radius 2 is 2.00 bits per heavy atom. The third-order valence-electron chi connectivity index (χ3n) is 2.42. The van der Waals surface area contributed by atoms with Crippen LogP contribution in [0, 0.1) is 0 Å². The number of hydrogen-bond donors (Lipinski definition) is 2. The van der Waals surface area contributed by atoms with E-state index in [-0.39, 0.29) is 0 Å². The van der Waals surface area contributed by atoms with Crippen LogP contribution in [0.15, 0.2) is 0 Å². The van der Waals surface area contributed by atoms with Gasteiger partial charge in [-0.15, -0.1) is 0 Å². The molecule has 0 amide bonds. The van der Waals surface area contributed by atoms with Crippen molar-refractivity contribution in [2.45, 2.75) is 24.9 Å². The molecule has 11 heavy (non-hydrogen) atoms. The first-order chi connectivity index (χ1) is 5.38. The van der Waals surface area contributed by atoms with Crippen LogP contribution < -0.4 is 5.32 Å². The van der Waals surface area contributed by atoms with E-state index in [2.05, 4.69) is 10.2 Å². The van der Waals surface area contributed by atoms with Gasteiger partial charge >= 0.3 is 0 Å². The number of aliphatic hydroxyl groups is 1. The average Bonchev–Trinajstić information content (AvgIpc) is 2.67. The molecule has 1 saturated carbocycles. The monoisotopic (exact) mass is 156 g/mol. The van der Waals surface area contributed by atoms with Gasteiger partial charge in [0.05, 0.1) is 6.61 Å². The number of nitrogens with one attached hydrogen (secondary N) is 1. The molecule has 1 heterocycles. The largest absolute Gasteiger partial charge is 0.395 e. The van der Waals surface area contributed by atoms with Gasteiger partial charge in [0.15, 0.2) is 0 Å². The summed E-state index contributed by atoms with van der Waals surface area (Å²) in [6.45, 7) is 3.42. The fraction of sp³-hybridized carbons (Fsp3) is 1.00. The minimum absolute atomic E-state index is 0.302. The molecule has 2 N–H and O–H groups in total. The van der Waals surface area contributed by atoms with Gasteiger partial charge in [0.2, 0.25) is 0 Å². The molecule has 0 radical (unpaired) electrons. The first-order valence-corrected chi connectivity index (χ1v) is 4.48. The smallest absolute Gasteiger partial charge is 0.0558 e. The molecule has 0 atom stereocenters. The van der Waals surface area contributed by atoms with Gasteiger partial charge < -0.3 is 10.4 Å². The van der Waals surface area contributed by atoms with Crippen molar-refractivity contribution in [3.05, 3.63) is 0 Å². The Morgan fingerprint density at radius 3 is 2.55 bits per heavy atom. The summed E-state index contributed by atoms with van der Waals surface area (Å²) in [6.07, 6.45) is 2.74. The Kier molecular flexibility index (Phi) is 2.11. The summed E-state index contributed by atoms with van der Waals surface area (Å²) in [5, 5.41) is 12.2. The number of rotatable bonds is 4. The van der Waals surface area contributed by atoms with Crippen LogP contribution in [0.3, 0.4) is 0 Å². The molecule has 0 aromatic heterocycles. The van der Waals surface area contributed by atoms with Gasteiger partial charge in [-0.05, 0) is 12.8 Å². The minimum Gasteiger partial charge on any atom is -0.395 e. The lowest BCUT2D eigenvalue weighted by atomic mass is 10.1. The molecule has 3 nitrogen and oxygen atoms in total. The van der Waals surface area contributed by atoms with E-state index in [0.717, 1.165) is 25.7 Å². The topological polar surface area (TPSA) is 35.5 Å². The quantitative estimate of drug-likeness (QED) is 0.571. The van der Waals surface area contributed by atoms with Crippen LogP contribution in [0.1, 0.15) is 12.8 Å². The van der Waals surface area contributed by atoms with Crippen LogP contribution in [-0.4, -0.2) is 48.3 Å². The predicted octanol–water partition coefficient (Wildman–Crippen LogP) is -0.585. The molecule has 0 bridgehead atoms. The van der Waals surface area contributed by atoms with Crippen LogP contribution in [0.2, 0.25) is 0 Å². The molecule has 64 valence electrons. The van der Waals surface area contributed by atoms with Crippen LogP contribution in [-0.2, 0) is 0 Å². The molecule has 0 aromatic rings. The summed E-state index contributed by atoms with van der Waals surface area (Å²) in [6, 6.07) is 1.55. The first kappa shape index (κ1) is 7.53. The second-order valence-electron chi connectivity index (χ2n) is 3.62. The maximum atomic E-state index is 8.62. The van der Waals surface area contributed by atoms with E-state index in [4.69, 9.17) is 5.11 Å². The third kappa shape index (κ3) is 1.92. The number of β-amino-alcohol motifs (C(OH)–C–C–N with tert-alkyl or cyclic N) is 1. The van der Waals surface area contributed by atoms with Crippen molar-refractivity contribution in [3.8, 4) is 0 Å². The van der Waals surface area contributed by atoms with Gasteiger partial charge in [0, 0.05) is 31.7 Å². The summed E-state index contributed by atoms with van der Waals surface area (Å²) < 4.78 is 0. The summed E-state index contributed by atoms with van der Waals surface area (Å²) in [4.78, 5) is 2.28. The standard InChI is InChI=1S/C8H16N2O/c11-4-3-10-5-8(6-10)9-7-1-2-7/h7-9,11H,1-6H2. The molecule has 1 saturated heterocycles. The van der Waals surface area contributed by atoms with Crippen LogP contribution in [0.4, 0.5) is 0 Å². The Labute approximate surface area is 67.4 Å². The minimum atomic E-state index is 0.302. The highest BCUT2D eigenvalue weighted by molar-refractivity contribution is 4.92. The summed E-state index contributed by atoms with van der Waals surface area (Å²) >= 11 is 0. The van der Waals surface area contributed by atoms with Crippen molar-refractivity contribution in [1.29, 1.82) is 0 Å².